The minimum absolute atomic E-state index is 0. The van der Waals surface area contributed by atoms with Crippen LogP contribution in [0.2, 0.25) is 0 Å². The number of carbonyl (C=O) groups excluding carboxylic acids is 1. The summed E-state index contributed by atoms with van der Waals surface area (Å²) in [6, 6.07) is 5.95. The third-order valence-electron chi connectivity index (χ3n) is 2.70. The van der Waals surface area contributed by atoms with E-state index in [2.05, 4.69) is 37.9 Å². The first-order chi connectivity index (χ1) is 8.13. The van der Waals surface area contributed by atoms with Gasteiger partial charge in [0.15, 0.2) is 0 Å². The second kappa shape index (κ2) is 7.32. The van der Waals surface area contributed by atoms with E-state index < -0.39 is 0 Å². The second-order valence-corrected chi connectivity index (χ2v) is 5.56. The van der Waals surface area contributed by atoms with Gasteiger partial charge in [0.25, 0.3) is 0 Å². The van der Waals surface area contributed by atoms with Gasteiger partial charge in [-0.2, -0.15) is 0 Å². The van der Waals surface area contributed by atoms with E-state index in [0.717, 1.165) is 20.2 Å². The summed E-state index contributed by atoms with van der Waals surface area (Å²) >= 11 is 6.95. The molecule has 0 atom stereocenters. The van der Waals surface area contributed by atoms with E-state index in [9.17, 15) is 4.79 Å². The van der Waals surface area contributed by atoms with Crippen LogP contribution >= 0.6 is 31.9 Å². The fourth-order valence-corrected chi connectivity index (χ4v) is 3.13. The average Bonchev–Trinajstić information content (AvgIpc) is 2.29. The Morgan fingerprint density at radius 2 is 2.11 bits per heavy atom. The molecule has 0 aromatic heterocycles. The zero-order chi connectivity index (χ0) is 12.4. The monoisotopic (exact) mass is 445 g/mol. The summed E-state index contributed by atoms with van der Waals surface area (Å²) < 4.78 is 1.99. The van der Waals surface area contributed by atoms with Crippen molar-refractivity contribution < 1.29 is 37.5 Å². The molecule has 1 aliphatic rings. The Balaban J connectivity index is 0.00000162. The van der Waals surface area contributed by atoms with Crippen molar-refractivity contribution in [3.63, 3.8) is 0 Å². The van der Waals surface area contributed by atoms with Gasteiger partial charge in [0.2, 0.25) is 5.91 Å². The first-order valence-corrected chi connectivity index (χ1v) is 7.08. The van der Waals surface area contributed by atoms with E-state index >= 15 is 0 Å². The average molecular weight is 447 g/mol. The standard InChI is InChI=1S/C13H12Br2NO.Y/c1-2-16-12(4-3-5-13(16)17)10-7-6-9(14)8-11(10)15;/h6-8H,2-3,5H2,1H3;/q-1;. The second-order valence-electron chi connectivity index (χ2n) is 3.79. The van der Waals surface area contributed by atoms with Gasteiger partial charge in [0.1, 0.15) is 0 Å². The molecule has 0 saturated carbocycles. The third kappa shape index (κ3) is 3.53. The molecular weight excluding hydrogens is 435 g/mol. The van der Waals surface area contributed by atoms with E-state index in [1.165, 1.54) is 0 Å². The molecule has 0 N–H and O–H groups in total. The van der Waals surface area contributed by atoms with Crippen LogP contribution < -0.4 is 0 Å². The minimum Gasteiger partial charge on any atom is -0.348 e. The summed E-state index contributed by atoms with van der Waals surface area (Å²) in [4.78, 5) is 13.6. The van der Waals surface area contributed by atoms with Gasteiger partial charge in [-0.1, -0.05) is 48.5 Å². The number of halogens is 2. The molecule has 1 amide bonds. The number of rotatable bonds is 2. The van der Waals surface area contributed by atoms with Crippen molar-refractivity contribution in [3.05, 3.63) is 38.8 Å². The van der Waals surface area contributed by atoms with Crippen LogP contribution in [0.15, 0.2) is 27.1 Å². The molecular formula is C13H12Br2NOY-. The minimum atomic E-state index is 0. The van der Waals surface area contributed by atoms with Crippen LogP contribution in [0.4, 0.5) is 0 Å². The van der Waals surface area contributed by atoms with Crippen molar-refractivity contribution in [1.82, 2.24) is 4.90 Å². The Morgan fingerprint density at radius 1 is 1.39 bits per heavy atom. The van der Waals surface area contributed by atoms with E-state index in [1.807, 2.05) is 25.1 Å². The first kappa shape index (κ1) is 16.5. The molecule has 0 fully saturated rings. The van der Waals surface area contributed by atoms with Gasteiger partial charge in [0, 0.05) is 50.1 Å². The van der Waals surface area contributed by atoms with Crippen LogP contribution in [0, 0.1) is 6.08 Å². The van der Waals surface area contributed by atoms with Crippen molar-refractivity contribution in [2.75, 3.05) is 6.54 Å². The largest absolute Gasteiger partial charge is 0.348 e. The summed E-state index contributed by atoms with van der Waals surface area (Å²) in [5, 5.41) is 0. The van der Waals surface area contributed by atoms with Gasteiger partial charge >= 0.3 is 0 Å². The molecule has 1 aromatic carbocycles. The molecule has 0 spiro atoms. The fourth-order valence-electron chi connectivity index (χ4n) is 1.90. The normalized spacial score (nSPS) is 15.2. The molecule has 93 valence electrons. The summed E-state index contributed by atoms with van der Waals surface area (Å²) in [5.41, 5.74) is 1.91. The topological polar surface area (TPSA) is 20.3 Å². The maximum atomic E-state index is 11.8. The first-order valence-electron chi connectivity index (χ1n) is 5.50. The summed E-state index contributed by atoms with van der Waals surface area (Å²) in [7, 11) is 0. The maximum absolute atomic E-state index is 11.8. The predicted molar refractivity (Wildman–Crippen MR) is 75.1 cm³/mol. The third-order valence-corrected chi connectivity index (χ3v) is 3.85. The molecule has 1 aliphatic heterocycles. The van der Waals surface area contributed by atoms with Gasteiger partial charge in [-0.15, -0.1) is 23.7 Å². The molecule has 0 aliphatic carbocycles. The van der Waals surface area contributed by atoms with Crippen LogP contribution in [0.25, 0.3) is 5.70 Å². The van der Waals surface area contributed by atoms with Gasteiger partial charge in [-0.05, 0) is 6.92 Å². The number of carbonyl (C=O) groups is 1. The van der Waals surface area contributed by atoms with Crippen molar-refractivity contribution in [3.8, 4) is 0 Å². The smallest absolute Gasteiger partial charge is 0.223 e. The van der Waals surface area contributed by atoms with Crippen LogP contribution in [0.5, 0.6) is 0 Å². The van der Waals surface area contributed by atoms with Crippen LogP contribution in [-0.4, -0.2) is 17.4 Å². The molecule has 0 bridgehead atoms. The molecule has 0 saturated heterocycles. The predicted octanol–water partition coefficient (Wildman–Crippen LogP) is 4.00. The van der Waals surface area contributed by atoms with Gasteiger partial charge in [0.05, 0.1) is 0 Å². The van der Waals surface area contributed by atoms with Gasteiger partial charge < -0.3 is 4.90 Å². The van der Waals surface area contributed by atoms with Crippen molar-refractivity contribution in [2.45, 2.75) is 19.8 Å². The quantitative estimate of drug-likeness (QED) is 0.629. The van der Waals surface area contributed by atoms with E-state index in [0.29, 0.717) is 19.4 Å². The van der Waals surface area contributed by atoms with Crippen molar-refractivity contribution in [2.24, 2.45) is 0 Å². The molecule has 1 heterocycles. The van der Waals surface area contributed by atoms with Crippen LogP contribution in [0.1, 0.15) is 25.3 Å². The Morgan fingerprint density at radius 3 is 2.72 bits per heavy atom. The zero-order valence-corrected chi connectivity index (χ0v) is 16.1. The zero-order valence-electron chi connectivity index (χ0n) is 10.0. The van der Waals surface area contributed by atoms with E-state index in [4.69, 9.17) is 0 Å². The Labute approximate surface area is 149 Å². The van der Waals surface area contributed by atoms with E-state index in [-0.39, 0.29) is 38.6 Å². The van der Waals surface area contributed by atoms with Gasteiger partial charge in [-0.3, -0.25) is 4.79 Å². The number of allylic oxidation sites excluding steroid dienone is 1. The molecule has 1 aromatic rings. The number of nitrogens with zero attached hydrogens (tertiary/aromatic N) is 1. The van der Waals surface area contributed by atoms with E-state index in [1.54, 1.807) is 4.90 Å². The number of benzene rings is 1. The van der Waals surface area contributed by atoms with Crippen LogP contribution in [0.3, 0.4) is 0 Å². The SMILES string of the molecule is CCN1C(=O)CC[C-]=C1c1ccc(Br)cc1Br.[Y]. The summed E-state index contributed by atoms with van der Waals surface area (Å²) in [6.07, 6.45) is 4.57. The molecule has 18 heavy (non-hydrogen) atoms. The van der Waals surface area contributed by atoms with Crippen LogP contribution in [-0.2, 0) is 37.5 Å². The van der Waals surface area contributed by atoms with Crippen molar-refractivity contribution >= 4 is 43.5 Å². The van der Waals surface area contributed by atoms with Gasteiger partial charge in [-0.25, -0.2) is 6.08 Å². The number of hydrogen-bond donors (Lipinski definition) is 0. The fraction of sp³-hybridized carbons (Fsp3) is 0.308. The molecule has 2 rings (SSSR count). The summed E-state index contributed by atoms with van der Waals surface area (Å²) in [6.45, 7) is 2.67. The molecule has 2 nitrogen and oxygen atoms in total. The number of amides is 1. The Hall–Kier alpha value is 0.494. The number of hydrogen-bond acceptors (Lipinski definition) is 1. The molecule has 1 radical (unpaired) electrons. The Bertz CT molecular complexity index is 488. The maximum Gasteiger partial charge on any atom is 0.223 e. The molecule has 0 unspecified atom stereocenters. The molecule has 5 heteroatoms. The Kier molecular flexibility index (Phi) is 6.73. The van der Waals surface area contributed by atoms with Crippen molar-refractivity contribution in [1.29, 1.82) is 0 Å². The summed E-state index contributed by atoms with van der Waals surface area (Å²) in [5.74, 6) is 0.177.